The topological polar surface area (TPSA) is 37.8 Å². The van der Waals surface area contributed by atoms with E-state index >= 15 is 0 Å². The maximum Gasteiger partial charge on any atom is 0.129 e. The third-order valence-electron chi connectivity index (χ3n) is 2.31. The molecule has 0 aliphatic rings. The second-order valence-corrected chi connectivity index (χ2v) is 3.73. The second kappa shape index (κ2) is 6.84. The number of aromatic nitrogens is 2. The smallest absolute Gasteiger partial charge is 0.129 e. The third-order valence-corrected chi connectivity index (χ3v) is 2.31. The van der Waals surface area contributed by atoms with Gasteiger partial charge in [-0.15, -0.1) is 12.3 Å². The minimum Gasteiger partial charge on any atom is -0.370 e. The fraction of sp³-hybridized carbons (Fsp3) is 0.538. The predicted octanol–water partition coefficient (Wildman–Crippen LogP) is 2.56. The van der Waals surface area contributed by atoms with E-state index in [1.54, 1.807) is 0 Å². The summed E-state index contributed by atoms with van der Waals surface area (Å²) in [5.41, 5.74) is 1.08. The molecule has 0 spiro atoms. The van der Waals surface area contributed by atoms with E-state index < -0.39 is 0 Å². The van der Waals surface area contributed by atoms with Crippen LogP contribution in [0.4, 0.5) is 5.82 Å². The first-order valence-electron chi connectivity index (χ1n) is 5.78. The van der Waals surface area contributed by atoms with Crippen molar-refractivity contribution in [1.82, 2.24) is 9.97 Å². The summed E-state index contributed by atoms with van der Waals surface area (Å²) in [5, 5.41) is 3.30. The van der Waals surface area contributed by atoms with Crippen molar-refractivity contribution in [2.75, 3.05) is 11.9 Å². The van der Waals surface area contributed by atoms with Gasteiger partial charge >= 0.3 is 0 Å². The minimum atomic E-state index is 0.825. The second-order valence-electron chi connectivity index (χ2n) is 3.73. The first-order valence-corrected chi connectivity index (χ1v) is 5.78. The van der Waals surface area contributed by atoms with Gasteiger partial charge < -0.3 is 5.32 Å². The molecule has 0 bridgehead atoms. The Hall–Kier alpha value is -1.56. The van der Waals surface area contributed by atoms with Gasteiger partial charge in [-0.2, -0.15) is 0 Å². The SMILES string of the molecule is C#CCCCCNc1cc(CC)nc(C)n1. The normalized spacial score (nSPS) is 9.81. The average Bonchev–Trinajstić information content (AvgIpc) is 2.28. The molecule has 0 saturated heterocycles. The molecule has 0 amide bonds. The number of nitrogens with zero attached hydrogens (tertiary/aromatic N) is 2. The molecule has 0 saturated carbocycles. The molecule has 0 unspecified atom stereocenters. The van der Waals surface area contributed by atoms with Crippen LogP contribution in [0.15, 0.2) is 6.07 Å². The maximum atomic E-state index is 5.19. The Morgan fingerprint density at radius 2 is 2.19 bits per heavy atom. The monoisotopic (exact) mass is 217 g/mol. The van der Waals surface area contributed by atoms with Crippen molar-refractivity contribution < 1.29 is 0 Å². The molecule has 0 aliphatic carbocycles. The first-order chi connectivity index (χ1) is 7.76. The lowest BCUT2D eigenvalue weighted by atomic mass is 10.2. The van der Waals surface area contributed by atoms with Crippen molar-refractivity contribution in [2.24, 2.45) is 0 Å². The van der Waals surface area contributed by atoms with E-state index in [-0.39, 0.29) is 0 Å². The first kappa shape index (κ1) is 12.5. The zero-order valence-corrected chi connectivity index (χ0v) is 10.1. The van der Waals surface area contributed by atoms with Gasteiger partial charge in [-0.25, -0.2) is 9.97 Å². The van der Waals surface area contributed by atoms with Gasteiger partial charge in [-0.3, -0.25) is 0 Å². The molecule has 1 aromatic heterocycles. The van der Waals surface area contributed by atoms with E-state index in [0.717, 1.165) is 49.6 Å². The quantitative estimate of drug-likeness (QED) is 0.588. The van der Waals surface area contributed by atoms with Gasteiger partial charge in [0.1, 0.15) is 11.6 Å². The van der Waals surface area contributed by atoms with Crippen molar-refractivity contribution in [3.63, 3.8) is 0 Å². The van der Waals surface area contributed by atoms with Crippen molar-refractivity contribution >= 4 is 5.82 Å². The van der Waals surface area contributed by atoms with E-state index in [9.17, 15) is 0 Å². The Bertz CT molecular complexity index is 366. The zero-order chi connectivity index (χ0) is 11.8. The van der Waals surface area contributed by atoms with Gasteiger partial charge in [0.15, 0.2) is 0 Å². The van der Waals surface area contributed by atoms with Crippen LogP contribution in [0, 0.1) is 19.3 Å². The fourth-order valence-electron chi connectivity index (χ4n) is 1.47. The summed E-state index contributed by atoms with van der Waals surface area (Å²) < 4.78 is 0. The van der Waals surface area contributed by atoms with Gasteiger partial charge in [0.25, 0.3) is 0 Å². The number of hydrogen-bond donors (Lipinski definition) is 1. The summed E-state index contributed by atoms with van der Waals surface area (Å²) >= 11 is 0. The number of terminal acetylenes is 1. The molecular formula is C13H19N3. The van der Waals surface area contributed by atoms with Crippen LogP contribution in [0.3, 0.4) is 0 Å². The number of aryl methyl sites for hydroxylation is 2. The molecular weight excluding hydrogens is 198 g/mol. The van der Waals surface area contributed by atoms with E-state index in [0.29, 0.717) is 0 Å². The Morgan fingerprint density at radius 3 is 2.88 bits per heavy atom. The van der Waals surface area contributed by atoms with Crippen LogP contribution >= 0.6 is 0 Å². The molecule has 3 nitrogen and oxygen atoms in total. The van der Waals surface area contributed by atoms with Crippen LogP contribution in [0.1, 0.15) is 37.7 Å². The molecule has 0 fully saturated rings. The lowest BCUT2D eigenvalue weighted by molar-refractivity contribution is 0.785. The molecule has 0 atom stereocenters. The fourth-order valence-corrected chi connectivity index (χ4v) is 1.47. The average molecular weight is 217 g/mol. The Labute approximate surface area is 97.7 Å². The van der Waals surface area contributed by atoms with E-state index in [1.165, 1.54) is 0 Å². The number of anilines is 1. The van der Waals surface area contributed by atoms with Crippen LogP contribution in [0.5, 0.6) is 0 Å². The standard InChI is InChI=1S/C13H19N3/c1-4-6-7-8-9-14-13-10-12(5-2)15-11(3)16-13/h1,10H,5-9H2,2-3H3,(H,14,15,16). The summed E-state index contributed by atoms with van der Waals surface area (Å²) in [4.78, 5) is 8.67. The van der Waals surface area contributed by atoms with Crippen LogP contribution in [-0.4, -0.2) is 16.5 Å². The van der Waals surface area contributed by atoms with Gasteiger partial charge in [-0.1, -0.05) is 6.92 Å². The third kappa shape index (κ3) is 4.31. The molecule has 86 valence electrons. The van der Waals surface area contributed by atoms with Gasteiger partial charge in [0.05, 0.1) is 0 Å². The van der Waals surface area contributed by atoms with Crippen LogP contribution < -0.4 is 5.32 Å². The Kier molecular flexibility index (Phi) is 5.35. The van der Waals surface area contributed by atoms with Gasteiger partial charge in [-0.05, 0) is 26.2 Å². The van der Waals surface area contributed by atoms with Crippen LogP contribution in [0.25, 0.3) is 0 Å². The highest BCUT2D eigenvalue weighted by Gasteiger charge is 1.99. The van der Waals surface area contributed by atoms with E-state index in [1.807, 2.05) is 13.0 Å². The number of rotatable bonds is 6. The summed E-state index contributed by atoms with van der Waals surface area (Å²) in [7, 11) is 0. The van der Waals surface area contributed by atoms with Crippen molar-refractivity contribution in [1.29, 1.82) is 0 Å². The largest absolute Gasteiger partial charge is 0.370 e. The molecule has 1 aromatic rings. The summed E-state index contributed by atoms with van der Waals surface area (Å²) in [6, 6.07) is 2.01. The minimum absolute atomic E-state index is 0.825. The van der Waals surface area contributed by atoms with E-state index in [2.05, 4.69) is 28.1 Å². The molecule has 1 rings (SSSR count). The molecule has 0 aliphatic heterocycles. The van der Waals surface area contributed by atoms with E-state index in [4.69, 9.17) is 6.42 Å². The highest BCUT2D eigenvalue weighted by Crippen LogP contribution is 2.07. The maximum absolute atomic E-state index is 5.19. The Morgan fingerprint density at radius 1 is 1.38 bits per heavy atom. The predicted molar refractivity (Wildman–Crippen MR) is 67.3 cm³/mol. The number of nitrogens with one attached hydrogen (secondary N) is 1. The van der Waals surface area contributed by atoms with Gasteiger partial charge in [0.2, 0.25) is 0 Å². The van der Waals surface area contributed by atoms with Crippen LogP contribution in [0.2, 0.25) is 0 Å². The molecule has 16 heavy (non-hydrogen) atoms. The van der Waals surface area contributed by atoms with Gasteiger partial charge in [0, 0.05) is 24.7 Å². The number of unbranched alkanes of at least 4 members (excludes halogenated alkanes) is 2. The molecule has 0 radical (unpaired) electrons. The number of hydrogen-bond acceptors (Lipinski definition) is 3. The zero-order valence-electron chi connectivity index (χ0n) is 10.1. The lowest BCUT2D eigenvalue weighted by Crippen LogP contribution is -2.06. The molecule has 3 heteroatoms. The highest BCUT2D eigenvalue weighted by atomic mass is 15.0. The Balaban J connectivity index is 2.41. The van der Waals surface area contributed by atoms with Crippen molar-refractivity contribution in [3.05, 3.63) is 17.6 Å². The van der Waals surface area contributed by atoms with Crippen molar-refractivity contribution in [2.45, 2.75) is 39.5 Å². The molecule has 1 N–H and O–H groups in total. The molecule has 1 heterocycles. The summed E-state index contributed by atoms with van der Waals surface area (Å²) in [6.45, 7) is 4.93. The summed E-state index contributed by atoms with van der Waals surface area (Å²) in [5.74, 6) is 4.39. The molecule has 0 aromatic carbocycles. The highest BCUT2D eigenvalue weighted by molar-refractivity contribution is 5.35. The summed E-state index contributed by atoms with van der Waals surface area (Å²) in [6.07, 6.45) is 9.12. The van der Waals surface area contributed by atoms with Crippen LogP contribution in [-0.2, 0) is 6.42 Å². The van der Waals surface area contributed by atoms with Crippen molar-refractivity contribution in [3.8, 4) is 12.3 Å². The lowest BCUT2D eigenvalue weighted by Gasteiger charge is -2.07.